The van der Waals surface area contributed by atoms with Crippen molar-refractivity contribution in [2.24, 2.45) is 5.92 Å². The number of carbonyl (C=O) groups excluding carboxylic acids is 3. The Labute approximate surface area is 178 Å². The van der Waals surface area contributed by atoms with Gasteiger partial charge in [0.15, 0.2) is 0 Å². The first-order chi connectivity index (χ1) is 14.6. The van der Waals surface area contributed by atoms with Crippen molar-refractivity contribution < 1.29 is 14.4 Å². The zero-order chi connectivity index (χ0) is 20.9. The summed E-state index contributed by atoms with van der Waals surface area (Å²) in [6, 6.07) is 4.14. The Morgan fingerprint density at radius 1 is 0.933 bits per heavy atom. The summed E-state index contributed by atoms with van der Waals surface area (Å²) in [5.74, 6) is 0.977. The molecule has 0 aromatic carbocycles. The van der Waals surface area contributed by atoms with Crippen molar-refractivity contribution in [1.82, 2.24) is 19.7 Å². The fourth-order valence-corrected chi connectivity index (χ4v) is 5.05. The molecule has 4 heterocycles. The molecular formula is C23H32N4O3. The van der Waals surface area contributed by atoms with Gasteiger partial charge in [-0.3, -0.25) is 19.4 Å². The summed E-state index contributed by atoms with van der Waals surface area (Å²) in [7, 11) is 0. The number of nitrogens with zero attached hydrogens (tertiary/aromatic N) is 4. The van der Waals surface area contributed by atoms with Crippen molar-refractivity contribution in [3.05, 3.63) is 30.1 Å². The molecule has 3 fully saturated rings. The van der Waals surface area contributed by atoms with Crippen molar-refractivity contribution in [2.45, 2.75) is 50.9 Å². The standard InChI is InChI=1S/C23H32N4O3/c28-21-3-1-12-25(21)13-2-14-27-17-20(4-5-22(27)29)23(30)26-15-8-19(9-16-26)18-6-10-24-11-7-18/h6-7,10-11,19-20H,1-5,8-9,12-17H2. The van der Waals surface area contributed by atoms with Crippen LogP contribution in [0.5, 0.6) is 0 Å². The number of rotatable bonds is 6. The van der Waals surface area contributed by atoms with Crippen LogP contribution in [0.2, 0.25) is 0 Å². The minimum atomic E-state index is -0.0893. The van der Waals surface area contributed by atoms with Crippen molar-refractivity contribution in [3.63, 3.8) is 0 Å². The molecule has 1 aromatic rings. The van der Waals surface area contributed by atoms with Crippen molar-refractivity contribution >= 4 is 17.7 Å². The summed E-state index contributed by atoms with van der Waals surface area (Å²) in [5, 5.41) is 0. The molecule has 4 rings (SSSR count). The number of aromatic nitrogens is 1. The van der Waals surface area contributed by atoms with Crippen LogP contribution in [0.15, 0.2) is 24.5 Å². The van der Waals surface area contributed by atoms with Gasteiger partial charge in [-0.15, -0.1) is 0 Å². The molecular weight excluding hydrogens is 380 g/mol. The first kappa shape index (κ1) is 20.8. The lowest BCUT2D eigenvalue weighted by Crippen LogP contribution is -2.49. The average molecular weight is 413 g/mol. The van der Waals surface area contributed by atoms with E-state index in [4.69, 9.17) is 0 Å². The molecule has 3 aliphatic rings. The molecule has 3 saturated heterocycles. The second-order valence-corrected chi connectivity index (χ2v) is 8.79. The van der Waals surface area contributed by atoms with Crippen molar-refractivity contribution in [3.8, 4) is 0 Å². The quantitative estimate of drug-likeness (QED) is 0.717. The predicted octanol–water partition coefficient (Wildman–Crippen LogP) is 2.04. The van der Waals surface area contributed by atoms with Gasteiger partial charge in [0, 0.05) is 64.5 Å². The summed E-state index contributed by atoms with van der Waals surface area (Å²) >= 11 is 0. The number of amides is 3. The first-order valence-corrected chi connectivity index (χ1v) is 11.4. The van der Waals surface area contributed by atoms with Gasteiger partial charge in [-0.05, 0) is 55.7 Å². The maximum atomic E-state index is 13.1. The number of likely N-dealkylation sites (tertiary alicyclic amines) is 3. The van der Waals surface area contributed by atoms with Gasteiger partial charge in [0.25, 0.3) is 0 Å². The van der Waals surface area contributed by atoms with Crippen molar-refractivity contribution in [1.29, 1.82) is 0 Å². The predicted molar refractivity (Wildman–Crippen MR) is 113 cm³/mol. The Bertz CT molecular complexity index is 761. The summed E-state index contributed by atoms with van der Waals surface area (Å²) in [5.41, 5.74) is 1.31. The third kappa shape index (κ3) is 4.82. The monoisotopic (exact) mass is 412 g/mol. The van der Waals surface area contributed by atoms with Gasteiger partial charge in [0.1, 0.15) is 0 Å². The van der Waals surface area contributed by atoms with Crippen LogP contribution in [-0.4, -0.2) is 76.7 Å². The van der Waals surface area contributed by atoms with Crippen LogP contribution >= 0.6 is 0 Å². The van der Waals surface area contributed by atoms with Crippen LogP contribution in [0.1, 0.15) is 56.4 Å². The molecule has 0 saturated carbocycles. The highest BCUT2D eigenvalue weighted by Crippen LogP contribution is 2.29. The highest BCUT2D eigenvalue weighted by Gasteiger charge is 2.34. The topological polar surface area (TPSA) is 73.8 Å². The van der Waals surface area contributed by atoms with E-state index in [-0.39, 0.29) is 23.6 Å². The Morgan fingerprint density at radius 3 is 2.33 bits per heavy atom. The van der Waals surface area contributed by atoms with Gasteiger partial charge < -0.3 is 14.7 Å². The molecule has 3 aliphatic heterocycles. The van der Waals surface area contributed by atoms with E-state index in [2.05, 4.69) is 17.1 Å². The zero-order valence-corrected chi connectivity index (χ0v) is 17.7. The van der Waals surface area contributed by atoms with E-state index in [0.29, 0.717) is 44.8 Å². The van der Waals surface area contributed by atoms with E-state index >= 15 is 0 Å². The van der Waals surface area contributed by atoms with Crippen LogP contribution in [0, 0.1) is 5.92 Å². The van der Waals surface area contributed by atoms with Gasteiger partial charge in [-0.1, -0.05) is 0 Å². The fraction of sp³-hybridized carbons (Fsp3) is 0.652. The molecule has 1 atom stereocenters. The molecule has 0 bridgehead atoms. The Morgan fingerprint density at radius 2 is 1.63 bits per heavy atom. The van der Waals surface area contributed by atoms with Gasteiger partial charge in [0.05, 0.1) is 5.92 Å². The first-order valence-electron chi connectivity index (χ1n) is 11.4. The van der Waals surface area contributed by atoms with Crippen LogP contribution < -0.4 is 0 Å². The van der Waals surface area contributed by atoms with Crippen LogP contribution in [0.4, 0.5) is 0 Å². The summed E-state index contributed by atoms with van der Waals surface area (Å²) in [4.78, 5) is 47.0. The van der Waals surface area contributed by atoms with E-state index in [1.54, 1.807) is 0 Å². The number of piperidine rings is 2. The number of hydrogen-bond acceptors (Lipinski definition) is 4. The molecule has 30 heavy (non-hydrogen) atoms. The third-order valence-electron chi connectivity index (χ3n) is 6.86. The van der Waals surface area contributed by atoms with Crippen LogP contribution in [0.25, 0.3) is 0 Å². The van der Waals surface area contributed by atoms with Crippen LogP contribution in [-0.2, 0) is 14.4 Å². The summed E-state index contributed by atoms with van der Waals surface area (Å²) in [6.07, 6.45) is 9.11. The third-order valence-corrected chi connectivity index (χ3v) is 6.86. The van der Waals surface area contributed by atoms with Gasteiger partial charge >= 0.3 is 0 Å². The lowest BCUT2D eigenvalue weighted by Gasteiger charge is -2.38. The van der Waals surface area contributed by atoms with Gasteiger partial charge in [0.2, 0.25) is 17.7 Å². The molecule has 162 valence electrons. The Hall–Kier alpha value is -2.44. The van der Waals surface area contributed by atoms with Gasteiger partial charge in [-0.2, -0.15) is 0 Å². The zero-order valence-electron chi connectivity index (χ0n) is 17.7. The van der Waals surface area contributed by atoms with Crippen LogP contribution in [0.3, 0.4) is 0 Å². The van der Waals surface area contributed by atoms with E-state index in [1.807, 2.05) is 27.1 Å². The maximum absolute atomic E-state index is 13.1. The Balaban J connectivity index is 1.25. The lowest BCUT2D eigenvalue weighted by molar-refractivity contribution is -0.143. The maximum Gasteiger partial charge on any atom is 0.227 e. The minimum absolute atomic E-state index is 0.0893. The second kappa shape index (κ2) is 9.58. The smallest absolute Gasteiger partial charge is 0.227 e. The van der Waals surface area contributed by atoms with E-state index < -0.39 is 0 Å². The van der Waals surface area contributed by atoms with E-state index in [0.717, 1.165) is 45.3 Å². The molecule has 0 aliphatic carbocycles. The molecule has 3 amide bonds. The minimum Gasteiger partial charge on any atom is -0.343 e. The molecule has 7 nitrogen and oxygen atoms in total. The largest absolute Gasteiger partial charge is 0.343 e. The number of pyridine rings is 1. The normalized spacial score (nSPS) is 23.3. The molecule has 0 radical (unpaired) electrons. The highest BCUT2D eigenvalue weighted by molar-refractivity contribution is 5.84. The van der Waals surface area contributed by atoms with Crippen molar-refractivity contribution in [2.75, 3.05) is 39.3 Å². The van der Waals surface area contributed by atoms with E-state index in [1.165, 1.54) is 5.56 Å². The van der Waals surface area contributed by atoms with E-state index in [9.17, 15) is 14.4 Å². The molecule has 0 spiro atoms. The number of hydrogen-bond donors (Lipinski definition) is 0. The molecule has 1 aromatic heterocycles. The molecule has 0 N–H and O–H groups in total. The Kier molecular flexibility index (Phi) is 6.65. The summed E-state index contributed by atoms with van der Waals surface area (Å²) in [6.45, 7) is 4.28. The number of carbonyl (C=O) groups is 3. The fourth-order valence-electron chi connectivity index (χ4n) is 5.05. The molecule has 7 heteroatoms. The molecule has 1 unspecified atom stereocenters. The second-order valence-electron chi connectivity index (χ2n) is 8.79. The van der Waals surface area contributed by atoms with Gasteiger partial charge in [-0.25, -0.2) is 0 Å². The lowest BCUT2D eigenvalue weighted by atomic mass is 9.88. The summed E-state index contributed by atoms with van der Waals surface area (Å²) < 4.78 is 0. The SMILES string of the molecule is O=C1CCCN1CCCN1CC(C(=O)N2CCC(c3ccncc3)CC2)CCC1=O. The highest BCUT2D eigenvalue weighted by atomic mass is 16.2. The average Bonchev–Trinajstić information content (AvgIpc) is 3.20.